The number of carbonyl (C=O) groups is 1. The molecule has 3 heterocycles. The van der Waals surface area contributed by atoms with Gasteiger partial charge in [0.2, 0.25) is 0 Å². The highest BCUT2D eigenvalue weighted by molar-refractivity contribution is 7.09. The molecule has 1 saturated heterocycles. The quantitative estimate of drug-likeness (QED) is 0.899. The first kappa shape index (κ1) is 14.0. The molecule has 1 aliphatic rings. The third-order valence-corrected chi connectivity index (χ3v) is 4.13. The van der Waals surface area contributed by atoms with E-state index < -0.39 is 0 Å². The van der Waals surface area contributed by atoms with Crippen LogP contribution in [0.3, 0.4) is 0 Å². The number of aromatic nitrogens is 2. The number of nitrogens with zero attached hydrogens (tertiary/aromatic N) is 3. The highest BCUT2D eigenvalue weighted by Gasteiger charge is 2.17. The van der Waals surface area contributed by atoms with E-state index in [9.17, 15) is 4.79 Å². The van der Waals surface area contributed by atoms with Gasteiger partial charge in [0.05, 0.1) is 22.6 Å². The number of anilines is 2. The summed E-state index contributed by atoms with van der Waals surface area (Å²) in [6.45, 7) is 5.62. The maximum absolute atomic E-state index is 12.2. The van der Waals surface area contributed by atoms with Gasteiger partial charge in [-0.25, -0.2) is 4.98 Å². The Morgan fingerprint density at radius 2 is 2.24 bits per heavy atom. The molecule has 2 aromatic rings. The molecule has 3 rings (SSSR count). The minimum atomic E-state index is -0.191. The molecule has 0 unspecified atom stereocenters. The van der Waals surface area contributed by atoms with Crippen molar-refractivity contribution in [3.05, 3.63) is 34.5 Å². The van der Waals surface area contributed by atoms with Crippen molar-refractivity contribution in [3.63, 3.8) is 0 Å². The first-order valence-corrected chi connectivity index (χ1v) is 7.75. The fourth-order valence-electron chi connectivity index (χ4n) is 2.32. The normalized spacial score (nSPS) is 15.0. The zero-order valence-electron chi connectivity index (χ0n) is 11.8. The van der Waals surface area contributed by atoms with E-state index in [2.05, 4.69) is 25.5 Å². The van der Waals surface area contributed by atoms with Gasteiger partial charge >= 0.3 is 0 Å². The maximum Gasteiger partial charge on any atom is 0.275 e. The summed E-state index contributed by atoms with van der Waals surface area (Å²) in [5.41, 5.74) is 2.19. The van der Waals surface area contributed by atoms with Gasteiger partial charge in [0.1, 0.15) is 5.69 Å². The Kier molecular flexibility index (Phi) is 4.12. The van der Waals surface area contributed by atoms with E-state index in [0.29, 0.717) is 5.69 Å². The number of carbonyl (C=O) groups excluding carboxylic acids is 1. The van der Waals surface area contributed by atoms with Gasteiger partial charge in [-0.3, -0.25) is 9.78 Å². The second-order valence-electron chi connectivity index (χ2n) is 4.84. The summed E-state index contributed by atoms with van der Waals surface area (Å²) in [6.07, 6.45) is 3.44. The lowest BCUT2D eigenvalue weighted by Gasteiger charge is -2.30. The van der Waals surface area contributed by atoms with Crippen molar-refractivity contribution < 1.29 is 4.79 Å². The van der Waals surface area contributed by atoms with Gasteiger partial charge in [0, 0.05) is 37.8 Å². The Morgan fingerprint density at radius 1 is 1.43 bits per heavy atom. The summed E-state index contributed by atoms with van der Waals surface area (Å²) in [5.74, 6) is -0.191. The number of pyridine rings is 1. The molecule has 2 N–H and O–H groups in total. The molecular formula is C14H17N5OS. The summed E-state index contributed by atoms with van der Waals surface area (Å²) in [6, 6.07) is 1.94. The molecule has 0 spiro atoms. The summed E-state index contributed by atoms with van der Waals surface area (Å²) < 4.78 is 0. The Balaban J connectivity index is 1.80. The van der Waals surface area contributed by atoms with Gasteiger partial charge in [-0.2, -0.15) is 0 Å². The zero-order valence-corrected chi connectivity index (χ0v) is 12.6. The third-order valence-electron chi connectivity index (χ3n) is 3.36. The molecule has 110 valence electrons. The van der Waals surface area contributed by atoms with Gasteiger partial charge in [-0.15, -0.1) is 11.3 Å². The molecule has 0 saturated carbocycles. The SMILES string of the molecule is Cc1nc(C(=O)Nc2cnccc2N2CCNCC2)cs1. The van der Waals surface area contributed by atoms with E-state index in [1.54, 1.807) is 17.8 Å². The molecule has 0 aliphatic carbocycles. The number of aryl methyl sites for hydroxylation is 1. The van der Waals surface area contributed by atoms with Crippen LogP contribution < -0.4 is 15.5 Å². The van der Waals surface area contributed by atoms with Crippen molar-refractivity contribution in [1.82, 2.24) is 15.3 Å². The Labute approximate surface area is 127 Å². The Hall–Kier alpha value is -1.99. The van der Waals surface area contributed by atoms with Crippen LogP contribution >= 0.6 is 11.3 Å². The van der Waals surface area contributed by atoms with Crippen molar-refractivity contribution in [2.45, 2.75) is 6.92 Å². The summed E-state index contributed by atoms with van der Waals surface area (Å²) in [5, 5.41) is 8.89. The molecule has 1 aliphatic heterocycles. The Bertz CT molecular complexity index is 636. The van der Waals surface area contributed by atoms with Crippen LogP contribution in [0.1, 0.15) is 15.5 Å². The summed E-state index contributed by atoms with van der Waals surface area (Å²) >= 11 is 1.47. The molecular weight excluding hydrogens is 286 g/mol. The Morgan fingerprint density at radius 3 is 2.95 bits per heavy atom. The molecule has 7 heteroatoms. The first-order chi connectivity index (χ1) is 10.2. The first-order valence-electron chi connectivity index (χ1n) is 6.87. The van der Waals surface area contributed by atoms with Gasteiger partial charge in [0.15, 0.2) is 0 Å². The lowest BCUT2D eigenvalue weighted by Crippen LogP contribution is -2.43. The van der Waals surface area contributed by atoms with E-state index in [1.165, 1.54) is 11.3 Å². The molecule has 21 heavy (non-hydrogen) atoms. The predicted molar refractivity (Wildman–Crippen MR) is 84.1 cm³/mol. The molecule has 0 bridgehead atoms. The molecule has 0 aromatic carbocycles. The van der Waals surface area contributed by atoms with Gasteiger partial charge in [0.25, 0.3) is 5.91 Å². The van der Waals surface area contributed by atoms with Crippen LogP contribution in [0, 0.1) is 6.92 Å². The average molecular weight is 303 g/mol. The van der Waals surface area contributed by atoms with Crippen molar-refractivity contribution >= 4 is 28.6 Å². The molecule has 1 fully saturated rings. The number of hydrogen-bond acceptors (Lipinski definition) is 6. The van der Waals surface area contributed by atoms with Crippen LogP contribution in [0.4, 0.5) is 11.4 Å². The third kappa shape index (κ3) is 3.20. The van der Waals surface area contributed by atoms with Crippen molar-refractivity contribution in [1.29, 1.82) is 0 Å². The molecule has 0 radical (unpaired) electrons. The molecule has 1 amide bonds. The number of thiazole rings is 1. The van der Waals surface area contributed by atoms with Crippen LogP contribution in [-0.4, -0.2) is 42.1 Å². The second kappa shape index (κ2) is 6.19. The summed E-state index contributed by atoms with van der Waals surface area (Å²) in [7, 11) is 0. The number of hydrogen-bond donors (Lipinski definition) is 2. The van der Waals surface area contributed by atoms with E-state index in [4.69, 9.17) is 0 Å². The molecule has 6 nitrogen and oxygen atoms in total. The highest BCUT2D eigenvalue weighted by Crippen LogP contribution is 2.25. The smallest absolute Gasteiger partial charge is 0.275 e. The fraction of sp³-hybridized carbons (Fsp3) is 0.357. The van der Waals surface area contributed by atoms with E-state index in [0.717, 1.165) is 42.6 Å². The van der Waals surface area contributed by atoms with Crippen molar-refractivity contribution in [2.24, 2.45) is 0 Å². The standard InChI is InChI=1S/C14H17N5OS/c1-10-17-12(9-21-10)14(20)18-11-8-16-3-2-13(11)19-6-4-15-5-7-19/h2-3,8-9,15H,4-7H2,1H3,(H,18,20). The van der Waals surface area contributed by atoms with Crippen LogP contribution in [0.25, 0.3) is 0 Å². The van der Waals surface area contributed by atoms with Crippen LogP contribution in [0.5, 0.6) is 0 Å². The zero-order chi connectivity index (χ0) is 14.7. The molecule has 0 atom stereocenters. The lowest BCUT2D eigenvalue weighted by molar-refractivity contribution is 0.102. The van der Waals surface area contributed by atoms with Crippen LogP contribution in [-0.2, 0) is 0 Å². The largest absolute Gasteiger partial charge is 0.367 e. The van der Waals surface area contributed by atoms with E-state index in [-0.39, 0.29) is 5.91 Å². The van der Waals surface area contributed by atoms with Crippen LogP contribution in [0.2, 0.25) is 0 Å². The summed E-state index contributed by atoms with van der Waals surface area (Å²) in [4.78, 5) is 22.8. The number of amides is 1. The number of nitrogens with one attached hydrogen (secondary N) is 2. The number of rotatable bonds is 3. The number of piperazine rings is 1. The van der Waals surface area contributed by atoms with E-state index >= 15 is 0 Å². The van der Waals surface area contributed by atoms with Gasteiger partial charge in [-0.1, -0.05) is 0 Å². The van der Waals surface area contributed by atoms with Crippen molar-refractivity contribution in [3.8, 4) is 0 Å². The lowest BCUT2D eigenvalue weighted by atomic mass is 10.2. The topological polar surface area (TPSA) is 70.2 Å². The molecule has 2 aromatic heterocycles. The van der Waals surface area contributed by atoms with Crippen molar-refractivity contribution in [2.75, 3.05) is 36.4 Å². The maximum atomic E-state index is 12.2. The fourth-order valence-corrected chi connectivity index (χ4v) is 2.91. The minimum Gasteiger partial charge on any atom is -0.367 e. The van der Waals surface area contributed by atoms with Gasteiger partial charge in [-0.05, 0) is 13.0 Å². The average Bonchev–Trinajstić information content (AvgIpc) is 2.95. The van der Waals surface area contributed by atoms with Gasteiger partial charge < -0.3 is 15.5 Å². The predicted octanol–water partition coefficient (Wildman–Crippen LogP) is 1.51. The van der Waals surface area contributed by atoms with Crippen LogP contribution in [0.15, 0.2) is 23.8 Å². The van der Waals surface area contributed by atoms with E-state index in [1.807, 2.05) is 13.0 Å². The second-order valence-corrected chi connectivity index (χ2v) is 5.90. The minimum absolute atomic E-state index is 0.191. The monoisotopic (exact) mass is 303 g/mol. The highest BCUT2D eigenvalue weighted by atomic mass is 32.1.